The van der Waals surface area contributed by atoms with Crippen LogP contribution in [0.4, 0.5) is 5.82 Å². The van der Waals surface area contributed by atoms with E-state index in [9.17, 15) is 4.79 Å². The van der Waals surface area contributed by atoms with Crippen molar-refractivity contribution in [1.29, 1.82) is 0 Å². The highest BCUT2D eigenvalue weighted by atomic mass is 16.5. The molecule has 0 spiro atoms. The first-order valence-electron chi connectivity index (χ1n) is 11.3. The number of carbonyl (C=O) groups is 1. The molecule has 1 saturated heterocycles. The average molecular weight is 449 g/mol. The van der Waals surface area contributed by atoms with Crippen LogP contribution in [0.5, 0.6) is 0 Å². The van der Waals surface area contributed by atoms with Crippen molar-refractivity contribution in [2.45, 2.75) is 58.8 Å². The Kier molecular flexibility index (Phi) is 6.58. The number of nitrogens with zero attached hydrogens (tertiary/aromatic N) is 5. The first-order chi connectivity index (χ1) is 15.7. The Morgan fingerprint density at radius 1 is 1.09 bits per heavy atom. The van der Waals surface area contributed by atoms with Crippen molar-refractivity contribution in [2.75, 3.05) is 18.4 Å². The number of hydrogen-bond donors (Lipinski definition) is 1. The van der Waals surface area contributed by atoms with Gasteiger partial charge in [0, 0.05) is 49.1 Å². The molecule has 4 rings (SSSR count). The number of hydrogen-bond acceptors (Lipinski definition) is 6. The first-order valence-corrected chi connectivity index (χ1v) is 11.3. The summed E-state index contributed by atoms with van der Waals surface area (Å²) < 4.78 is 7.39. The number of morpholine rings is 1. The molecular formula is C25H32N6O2. The molecule has 0 aliphatic carbocycles. The van der Waals surface area contributed by atoms with E-state index in [1.54, 1.807) is 23.1 Å². The number of anilines is 1. The topological polar surface area (TPSA) is 85.2 Å². The van der Waals surface area contributed by atoms with Crippen molar-refractivity contribution >= 4 is 11.7 Å². The van der Waals surface area contributed by atoms with E-state index >= 15 is 0 Å². The number of ether oxygens (including phenoxy) is 1. The molecule has 3 aromatic rings. The number of rotatable bonds is 5. The van der Waals surface area contributed by atoms with Gasteiger partial charge in [-0.25, -0.2) is 9.97 Å². The maximum absolute atomic E-state index is 13.0. The van der Waals surface area contributed by atoms with E-state index in [4.69, 9.17) is 4.74 Å². The molecule has 2 aromatic heterocycles. The zero-order valence-corrected chi connectivity index (χ0v) is 19.9. The van der Waals surface area contributed by atoms with Gasteiger partial charge in [0.25, 0.3) is 11.9 Å². The molecule has 1 aromatic carbocycles. The van der Waals surface area contributed by atoms with Crippen molar-refractivity contribution < 1.29 is 9.53 Å². The fourth-order valence-electron chi connectivity index (χ4n) is 4.01. The van der Waals surface area contributed by atoms with Crippen LogP contribution < -0.4 is 5.32 Å². The van der Waals surface area contributed by atoms with Crippen molar-refractivity contribution in [2.24, 2.45) is 0 Å². The lowest BCUT2D eigenvalue weighted by molar-refractivity contribution is -0.0704. The Morgan fingerprint density at radius 2 is 1.73 bits per heavy atom. The van der Waals surface area contributed by atoms with E-state index in [-0.39, 0.29) is 23.5 Å². The molecule has 0 bridgehead atoms. The van der Waals surface area contributed by atoms with Gasteiger partial charge >= 0.3 is 0 Å². The molecule has 174 valence electrons. The zero-order chi connectivity index (χ0) is 23.6. The Balaban J connectivity index is 1.50. The summed E-state index contributed by atoms with van der Waals surface area (Å²) in [7, 11) is 0. The standard InChI is InChI=1S/C25H32N6O2/c1-17-14-30(15-18(2)33-17)16-19-7-9-20(10-8-19)23(32)28-22-13-21(25(3,4)5)29-31(22)24-26-11-6-12-27-24/h6-13,17-18H,14-16H2,1-5H3,(H,28,32). The molecule has 1 N–H and O–H groups in total. The fourth-order valence-corrected chi connectivity index (χ4v) is 4.01. The smallest absolute Gasteiger partial charge is 0.256 e. The summed E-state index contributed by atoms with van der Waals surface area (Å²) in [5.41, 5.74) is 2.41. The van der Waals surface area contributed by atoms with E-state index in [0.29, 0.717) is 17.3 Å². The van der Waals surface area contributed by atoms with Crippen LogP contribution in [0.1, 0.15) is 56.2 Å². The van der Waals surface area contributed by atoms with Gasteiger partial charge in [-0.15, -0.1) is 0 Å². The molecule has 0 saturated carbocycles. The maximum atomic E-state index is 13.0. The quantitative estimate of drug-likeness (QED) is 0.639. The van der Waals surface area contributed by atoms with E-state index in [1.165, 1.54) is 5.56 Å². The number of nitrogens with one attached hydrogen (secondary N) is 1. The van der Waals surface area contributed by atoms with Crippen molar-refractivity contribution in [3.63, 3.8) is 0 Å². The van der Waals surface area contributed by atoms with E-state index in [0.717, 1.165) is 25.3 Å². The lowest BCUT2D eigenvalue weighted by Gasteiger charge is -2.35. The molecule has 2 unspecified atom stereocenters. The molecule has 1 fully saturated rings. The fraction of sp³-hybridized carbons (Fsp3) is 0.440. The average Bonchev–Trinajstić information content (AvgIpc) is 3.18. The minimum absolute atomic E-state index is 0.185. The number of amides is 1. The van der Waals surface area contributed by atoms with Crippen LogP contribution in [-0.2, 0) is 16.7 Å². The maximum Gasteiger partial charge on any atom is 0.256 e. The van der Waals surface area contributed by atoms with Gasteiger partial charge in [0.2, 0.25) is 0 Å². The second-order valence-corrected chi connectivity index (χ2v) is 9.73. The summed E-state index contributed by atoms with van der Waals surface area (Å²) >= 11 is 0. The molecule has 3 heterocycles. The summed E-state index contributed by atoms with van der Waals surface area (Å²) in [5, 5.41) is 7.64. The van der Waals surface area contributed by atoms with Gasteiger partial charge in [-0.3, -0.25) is 9.69 Å². The number of carbonyl (C=O) groups excluding carboxylic acids is 1. The predicted octanol–water partition coefficient (Wildman–Crippen LogP) is 3.82. The summed E-state index contributed by atoms with van der Waals surface area (Å²) in [6, 6.07) is 11.4. The van der Waals surface area contributed by atoms with E-state index < -0.39 is 0 Å². The highest BCUT2D eigenvalue weighted by Crippen LogP contribution is 2.25. The third kappa shape index (κ3) is 5.64. The molecule has 8 nitrogen and oxygen atoms in total. The summed E-state index contributed by atoms with van der Waals surface area (Å²) in [6.45, 7) is 13.1. The van der Waals surface area contributed by atoms with Gasteiger partial charge in [-0.05, 0) is 37.6 Å². The van der Waals surface area contributed by atoms with Crippen molar-refractivity contribution in [3.8, 4) is 5.95 Å². The Bertz CT molecular complexity index is 1080. The second-order valence-electron chi connectivity index (χ2n) is 9.73. The summed E-state index contributed by atoms with van der Waals surface area (Å²) in [6.07, 6.45) is 3.77. The molecule has 0 radical (unpaired) electrons. The number of benzene rings is 1. The van der Waals surface area contributed by atoms with Gasteiger partial charge in [0.1, 0.15) is 5.82 Å². The van der Waals surface area contributed by atoms with Crippen LogP contribution in [0.15, 0.2) is 48.8 Å². The minimum Gasteiger partial charge on any atom is -0.373 e. The Morgan fingerprint density at radius 3 is 2.33 bits per heavy atom. The minimum atomic E-state index is -0.201. The van der Waals surface area contributed by atoms with Gasteiger partial charge in [0.15, 0.2) is 0 Å². The highest BCUT2D eigenvalue weighted by Gasteiger charge is 2.24. The summed E-state index contributed by atoms with van der Waals surface area (Å²) in [5.74, 6) is 0.747. The van der Waals surface area contributed by atoms with Gasteiger partial charge in [-0.1, -0.05) is 32.9 Å². The van der Waals surface area contributed by atoms with Crippen LogP contribution in [-0.4, -0.2) is 55.9 Å². The Labute approximate surface area is 195 Å². The molecule has 33 heavy (non-hydrogen) atoms. The highest BCUT2D eigenvalue weighted by molar-refractivity contribution is 6.04. The molecule has 1 amide bonds. The van der Waals surface area contributed by atoms with Gasteiger partial charge < -0.3 is 10.1 Å². The first kappa shape index (κ1) is 23.1. The summed E-state index contributed by atoms with van der Waals surface area (Å²) in [4.78, 5) is 24.0. The third-order valence-corrected chi connectivity index (χ3v) is 5.58. The van der Waals surface area contributed by atoms with Crippen molar-refractivity contribution in [3.05, 3.63) is 65.6 Å². The largest absolute Gasteiger partial charge is 0.373 e. The van der Waals surface area contributed by atoms with Gasteiger partial charge in [-0.2, -0.15) is 9.78 Å². The van der Waals surface area contributed by atoms with E-state index in [1.807, 2.05) is 30.3 Å². The zero-order valence-electron chi connectivity index (χ0n) is 19.9. The normalized spacial score (nSPS) is 19.4. The predicted molar refractivity (Wildman–Crippen MR) is 128 cm³/mol. The molecule has 8 heteroatoms. The number of aromatic nitrogens is 4. The molecule has 1 aliphatic heterocycles. The molecule has 2 atom stereocenters. The van der Waals surface area contributed by atoms with E-state index in [2.05, 4.69) is 59.9 Å². The molecular weight excluding hydrogens is 416 g/mol. The third-order valence-electron chi connectivity index (χ3n) is 5.58. The van der Waals surface area contributed by atoms with Crippen molar-refractivity contribution in [1.82, 2.24) is 24.6 Å². The van der Waals surface area contributed by atoms with Crippen LogP contribution in [0.25, 0.3) is 5.95 Å². The monoisotopic (exact) mass is 448 g/mol. The Hall–Kier alpha value is -3.10. The van der Waals surface area contributed by atoms with Crippen LogP contribution in [0.2, 0.25) is 0 Å². The van der Waals surface area contributed by atoms with Crippen LogP contribution in [0, 0.1) is 0 Å². The molecule has 1 aliphatic rings. The lowest BCUT2D eigenvalue weighted by atomic mass is 9.92. The lowest BCUT2D eigenvalue weighted by Crippen LogP contribution is -2.44. The second kappa shape index (κ2) is 9.41. The van der Waals surface area contributed by atoms with Crippen LogP contribution in [0.3, 0.4) is 0 Å². The van der Waals surface area contributed by atoms with Crippen LogP contribution >= 0.6 is 0 Å². The SMILES string of the molecule is CC1CN(Cc2ccc(C(=O)Nc3cc(C(C)(C)C)nn3-c3ncccn3)cc2)CC(C)O1. The van der Waals surface area contributed by atoms with Gasteiger partial charge in [0.05, 0.1) is 17.9 Å².